The van der Waals surface area contributed by atoms with Crippen LogP contribution in [-0.2, 0) is 4.79 Å². The van der Waals surface area contributed by atoms with Gasteiger partial charge in [-0.2, -0.15) is 0 Å². The SMILES string of the molecule is CCNC(=O)C1CCCNCC1.Cl. The van der Waals surface area contributed by atoms with E-state index >= 15 is 0 Å². The highest BCUT2D eigenvalue weighted by Gasteiger charge is 2.18. The molecule has 4 heteroatoms. The lowest BCUT2D eigenvalue weighted by atomic mass is 10.00. The molecule has 0 bridgehead atoms. The van der Waals surface area contributed by atoms with Crippen LogP contribution in [0.25, 0.3) is 0 Å². The molecule has 1 aliphatic rings. The first-order valence-corrected chi connectivity index (χ1v) is 4.83. The summed E-state index contributed by atoms with van der Waals surface area (Å²) in [5.41, 5.74) is 0. The fourth-order valence-corrected chi connectivity index (χ4v) is 1.60. The molecule has 0 aromatic heterocycles. The van der Waals surface area contributed by atoms with Crippen molar-refractivity contribution in [3.63, 3.8) is 0 Å². The summed E-state index contributed by atoms with van der Waals surface area (Å²) in [6, 6.07) is 0. The summed E-state index contributed by atoms with van der Waals surface area (Å²) in [5, 5.41) is 6.17. The standard InChI is InChI=1S/C9H18N2O.ClH/c1-2-11-9(12)8-4-3-6-10-7-5-8;/h8,10H,2-7H2,1H3,(H,11,12);1H. The van der Waals surface area contributed by atoms with E-state index in [4.69, 9.17) is 0 Å². The molecule has 0 radical (unpaired) electrons. The normalized spacial score (nSPS) is 22.7. The monoisotopic (exact) mass is 206 g/mol. The molecule has 0 saturated carbocycles. The number of carbonyl (C=O) groups excluding carboxylic acids is 1. The quantitative estimate of drug-likeness (QED) is 0.706. The average Bonchev–Trinajstić information content (AvgIpc) is 2.32. The minimum Gasteiger partial charge on any atom is -0.356 e. The van der Waals surface area contributed by atoms with Crippen LogP contribution in [0.5, 0.6) is 0 Å². The minimum absolute atomic E-state index is 0. The lowest BCUT2D eigenvalue weighted by molar-refractivity contribution is -0.125. The van der Waals surface area contributed by atoms with Crippen molar-refractivity contribution < 1.29 is 4.79 Å². The number of halogens is 1. The van der Waals surface area contributed by atoms with Gasteiger partial charge in [0.1, 0.15) is 0 Å². The summed E-state index contributed by atoms with van der Waals surface area (Å²) in [6.45, 7) is 4.77. The van der Waals surface area contributed by atoms with Crippen LogP contribution in [0.3, 0.4) is 0 Å². The number of hydrogen-bond donors (Lipinski definition) is 2. The zero-order valence-electron chi connectivity index (χ0n) is 8.14. The maximum Gasteiger partial charge on any atom is 0.223 e. The molecular weight excluding hydrogens is 188 g/mol. The van der Waals surface area contributed by atoms with Gasteiger partial charge in [0.25, 0.3) is 0 Å². The van der Waals surface area contributed by atoms with Gasteiger partial charge in [0.2, 0.25) is 5.91 Å². The van der Waals surface area contributed by atoms with Crippen molar-refractivity contribution in [1.82, 2.24) is 10.6 Å². The zero-order valence-corrected chi connectivity index (χ0v) is 8.95. The third kappa shape index (κ3) is 4.48. The van der Waals surface area contributed by atoms with Crippen molar-refractivity contribution in [2.45, 2.75) is 26.2 Å². The van der Waals surface area contributed by atoms with Crippen LogP contribution in [0.2, 0.25) is 0 Å². The summed E-state index contributed by atoms with van der Waals surface area (Å²) >= 11 is 0. The van der Waals surface area contributed by atoms with Crippen LogP contribution in [0.15, 0.2) is 0 Å². The van der Waals surface area contributed by atoms with Gasteiger partial charge in [0.15, 0.2) is 0 Å². The molecule has 2 N–H and O–H groups in total. The summed E-state index contributed by atoms with van der Waals surface area (Å²) in [4.78, 5) is 11.4. The van der Waals surface area contributed by atoms with Gasteiger partial charge in [-0.05, 0) is 39.3 Å². The number of amides is 1. The largest absolute Gasteiger partial charge is 0.356 e. The third-order valence-electron chi connectivity index (χ3n) is 2.30. The van der Waals surface area contributed by atoms with Crippen molar-refractivity contribution in [3.05, 3.63) is 0 Å². The Kier molecular flexibility index (Phi) is 7.00. The summed E-state index contributed by atoms with van der Waals surface area (Å²) < 4.78 is 0. The van der Waals surface area contributed by atoms with Crippen LogP contribution < -0.4 is 10.6 Å². The Hall–Kier alpha value is -0.280. The Morgan fingerprint density at radius 3 is 2.92 bits per heavy atom. The number of carbonyl (C=O) groups is 1. The Morgan fingerprint density at radius 1 is 1.46 bits per heavy atom. The molecule has 0 spiro atoms. The third-order valence-corrected chi connectivity index (χ3v) is 2.30. The number of hydrogen-bond acceptors (Lipinski definition) is 2. The van der Waals surface area contributed by atoms with Crippen LogP contribution in [-0.4, -0.2) is 25.5 Å². The fourth-order valence-electron chi connectivity index (χ4n) is 1.60. The molecular formula is C9H19ClN2O. The molecule has 0 aromatic rings. The van der Waals surface area contributed by atoms with Crippen LogP contribution >= 0.6 is 12.4 Å². The minimum atomic E-state index is 0. The van der Waals surface area contributed by atoms with E-state index in [1.807, 2.05) is 6.92 Å². The maximum atomic E-state index is 11.4. The summed E-state index contributed by atoms with van der Waals surface area (Å²) in [5.74, 6) is 0.487. The van der Waals surface area contributed by atoms with E-state index in [9.17, 15) is 4.79 Å². The second kappa shape index (κ2) is 7.15. The summed E-state index contributed by atoms with van der Waals surface area (Å²) in [7, 11) is 0. The molecule has 1 saturated heterocycles. The first-order chi connectivity index (χ1) is 5.84. The lowest BCUT2D eigenvalue weighted by Gasteiger charge is -2.12. The molecule has 1 heterocycles. The van der Waals surface area contributed by atoms with Gasteiger partial charge < -0.3 is 10.6 Å². The second-order valence-electron chi connectivity index (χ2n) is 3.27. The average molecular weight is 207 g/mol. The lowest BCUT2D eigenvalue weighted by Crippen LogP contribution is -2.30. The molecule has 0 aromatic carbocycles. The predicted octanol–water partition coefficient (Wildman–Crippen LogP) is 0.934. The molecule has 0 aliphatic carbocycles. The van der Waals surface area contributed by atoms with E-state index in [-0.39, 0.29) is 24.2 Å². The van der Waals surface area contributed by atoms with Crippen molar-refractivity contribution in [1.29, 1.82) is 0 Å². The van der Waals surface area contributed by atoms with Crippen molar-refractivity contribution >= 4 is 18.3 Å². The highest BCUT2D eigenvalue weighted by Crippen LogP contribution is 2.12. The van der Waals surface area contributed by atoms with Gasteiger partial charge in [-0.15, -0.1) is 12.4 Å². The maximum absolute atomic E-state index is 11.4. The molecule has 1 unspecified atom stereocenters. The van der Waals surface area contributed by atoms with Gasteiger partial charge >= 0.3 is 0 Å². The molecule has 1 fully saturated rings. The van der Waals surface area contributed by atoms with Gasteiger partial charge in [0.05, 0.1) is 0 Å². The van der Waals surface area contributed by atoms with E-state index in [1.165, 1.54) is 0 Å². The van der Waals surface area contributed by atoms with E-state index in [1.54, 1.807) is 0 Å². The van der Waals surface area contributed by atoms with E-state index in [0.717, 1.165) is 38.9 Å². The smallest absolute Gasteiger partial charge is 0.223 e. The Bertz CT molecular complexity index is 145. The first kappa shape index (κ1) is 12.7. The number of rotatable bonds is 2. The Balaban J connectivity index is 0.00000144. The van der Waals surface area contributed by atoms with E-state index < -0.39 is 0 Å². The van der Waals surface area contributed by atoms with Crippen molar-refractivity contribution in [3.8, 4) is 0 Å². The molecule has 13 heavy (non-hydrogen) atoms. The number of nitrogens with one attached hydrogen (secondary N) is 2. The molecule has 1 rings (SSSR count). The fraction of sp³-hybridized carbons (Fsp3) is 0.889. The second-order valence-corrected chi connectivity index (χ2v) is 3.27. The predicted molar refractivity (Wildman–Crippen MR) is 56.1 cm³/mol. The van der Waals surface area contributed by atoms with Gasteiger partial charge in [0, 0.05) is 12.5 Å². The first-order valence-electron chi connectivity index (χ1n) is 4.83. The van der Waals surface area contributed by atoms with Crippen LogP contribution in [0, 0.1) is 5.92 Å². The highest BCUT2D eigenvalue weighted by molar-refractivity contribution is 5.85. The molecule has 1 aliphatic heterocycles. The van der Waals surface area contributed by atoms with Crippen molar-refractivity contribution in [2.24, 2.45) is 5.92 Å². The zero-order chi connectivity index (χ0) is 8.81. The topological polar surface area (TPSA) is 41.1 Å². The van der Waals surface area contributed by atoms with Crippen LogP contribution in [0.1, 0.15) is 26.2 Å². The van der Waals surface area contributed by atoms with Crippen LogP contribution in [0.4, 0.5) is 0 Å². The highest BCUT2D eigenvalue weighted by atomic mass is 35.5. The molecule has 3 nitrogen and oxygen atoms in total. The molecule has 1 atom stereocenters. The van der Waals surface area contributed by atoms with E-state index in [0.29, 0.717) is 0 Å². The Labute approximate surface area is 86.1 Å². The van der Waals surface area contributed by atoms with E-state index in [2.05, 4.69) is 10.6 Å². The van der Waals surface area contributed by atoms with Gasteiger partial charge in [-0.25, -0.2) is 0 Å². The summed E-state index contributed by atoms with van der Waals surface area (Å²) in [6.07, 6.45) is 3.16. The molecule has 1 amide bonds. The van der Waals surface area contributed by atoms with Gasteiger partial charge in [-0.1, -0.05) is 0 Å². The Morgan fingerprint density at radius 2 is 2.23 bits per heavy atom. The molecule has 78 valence electrons. The van der Waals surface area contributed by atoms with Crippen molar-refractivity contribution in [2.75, 3.05) is 19.6 Å². The van der Waals surface area contributed by atoms with Gasteiger partial charge in [-0.3, -0.25) is 4.79 Å².